The van der Waals surface area contributed by atoms with Crippen LogP contribution in [-0.2, 0) is 4.79 Å². The molecule has 0 N–H and O–H groups in total. The number of fused-ring (bicyclic) bond motifs is 1. The smallest absolute Gasteiger partial charge is 0.159 e. The number of Topliss-reactive ketones (excluding diaryl/α,β-unsaturated/α-hetero) is 1. The SMILES string of the molecule is C[C@@H]1CC(=O)/C2=C\CCCCCCCCC[C@@H]21. The Hall–Kier alpha value is -0.590. The Morgan fingerprint density at radius 1 is 1.00 bits per heavy atom. The van der Waals surface area contributed by atoms with Crippen LogP contribution < -0.4 is 0 Å². The summed E-state index contributed by atoms with van der Waals surface area (Å²) >= 11 is 0. The molecule has 0 radical (unpaired) electrons. The van der Waals surface area contributed by atoms with Gasteiger partial charge in [-0.3, -0.25) is 4.79 Å². The Morgan fingerprint density at radius 2 is 1.65 bits per heavy atom. The predicted molar refractivity (Wildman–Crippen MR) is 71.9 cm³/mol. The normalized spacial score (nSPS) is 35.4. The van der Waals surface area contributed by atoms with Crippen molar-refractivity contribution >= 4 is 5.78 Å². The molecule has 0 aromatic carbocycles. The molecule has 0 saturated heterocycles. The first-order valence-corrected chi connectivity index (χ1v) is 7.52. The predicted octanol–water partition coefficient (Wildman–Crippen LogP) is 4.66. The first-order chi connectivity index (χ1) is 8.29. The Labute approximate surface area is 106 Å². The molecule has 1 heteroatoms. The molecule has 1 nitrogen and oxygen atoms in total. The largest absolute Gasteiger partial charge is 0.295 e. The van der Waals surface area contributed by atoms with E-state index in [1.807, 2.05) is 0 Å². The van der Waals surface area contributed by atoms with Crippen LogP contribution in [0.1, 0.15) is 71.1 Å². The van der Waals surface area contributed by atoms with Crippen molar-refractivity contribution in [3.63, 3.8) is 0 Å². The number of rotatable bonds is 0. The molecule has 0 aromatic heterocycles. The van der Waals surface area contributed by atoms with Gasteiger partial charge in [0.2, 0.25) is 0 Å². The van der Waals surface area contributed by atoms with Crippen LogP contribution in [0.25, 0.3) is 0 Å². The number of carbonyl (C=O) groups excluding carboxylic acids is 1. The second kappa shape index (κ2) is 6.37. The molecule has 0 unspecified atom stereocenters. The Morgan fingerprint density at radius 3 is 2.41 bits per heavy atom. The molecule has 2 aliphatic carbocycles. The average Bonchev–Trinajstić information content (AvgIpc) is 2.54. The molecule has 0 aromatic rings. The maximum atomic E-state index is 12.0. The van der Waals surface area contributed by atoms with E-state index in [1.54, 1.807) is 0 Å². The molecule has 1 saturated carbocycles. The third-order valence-electron chi connectivity index (χ3n) is 4.50. The summed E-state index contributed by atoms with van der Waals surface area (Å²) in [5.41, 5.74) is 1.19. The summed E-state index contributed by atoms with van der Waals surface area (Å²) < 4.78 is 0. The molecule has 0 spiro atoms. The van der Waals surface area contributed by atoms with Gasteiger partial charge in [0.25, 0.3) is 0 Å². The topological polar surface area (TPSA) is 17.1 Å². The van der Waals surface area contributed by atoms with Gasteiger partial charge in [0.15, 0.2) is 5.78 Å². The van der Waals surface area contributed by atoms with Crippen LogP contribution >= 0.6 is 0 Å². The van der Waals surface area contributed by atoms with E-state index in [-0.39, 0.29) is 0 Å². The summed E-state index contributed by atoms with van der Waals surface area (Å²) in [6.07, 6.45) is 15.0. The highest BCUT2D eigenvalue weighted by Crippen LogP contribution is 2.37. The Balaban J connectivity index is 2.03. The zero-order valence-electron chi connectivity index (χ0n) is 11.2. The van der Waals surface area contributed by atoms with Crippen molar-refractivity contribution in [2.24, 2.45) is 11.8 Å². The maximum Gasteiger partial charge on any atom is 0.159 e. The first-order valence-electron chi connectivity index (χ1n) is 7.52. The quantitative estimate of drug-likeness (QED) is 0.595. The third kappa shape index (κ3) is 3.43. The van der Waals surface area contributed by atoms with E-state index in [4.69, 9.17) is 0 Å². The van der Waals surface area contributed by atoms with Gasteiger partial charge in [-0.25, -0.2) is 0 Å². The summed E-state index contributed by atoms with van der Waals surface area (Å²) in [5, 5.41) is 0. The summed E-state index contributed by atoms with van der Waals surface area (Å²) in [4.78, 5) is 12.0. The number of hydrogen-bond acceptors (Lipinski definition) is 1. The van der Waals surface area contributed by atoms with Gasteiger partial charge in [0, 0.05) is 6.42 Å². The lowest BCUT2D eigenvalue weighted by molar-refractivity contribution is -0.114. The van der Waals surface area contributed by atoms with Gasteiger partial charge in [-0.15, -0.1) is 0 Å². The average molecular weight is 234 g/mol. The highest BCUT2D eigenvalue weighted by Gasteiger charge is 2.33. The Bertz CT molecular complexity index is 290. The fourth-order valence-electron chi connectivity index (χ4n) is 3.42. The molecule has 96 valence electrons. The van der Waals surface area contributed by atoms with Gasteiger partial charge >= 0.3 is 0 Å². The van der Waals surface area contributed by atoms with E-state index < -0.39 is 0 Å². The van der Waals surface area contributed by atoms with Crippen LogP contribution in [0.2, 0.25) is 0 Å². The Kier molecular flexibility index (Phi) is 4.82. The molecule has 2 rings (SSSR count). The van der Waals surface area contributed by atoms with Crippen LogP contribution in [0.5, 0.6) is 0 Å². The number of ketones is 1. The van der Waals surface area contributed by atoms with Crippen molar-refractivity contribution < 1.29 is 4.79 Å². The van der Waals surface area contributed by atoms with Crippen molar-refractivity contribution in [2.45, 2.75) is 71.1 Å². The number of hydrogen-bond donors (Lipinski definition) is 0. The summed E-state index contributed by atoms with van der Waals surface area (Å²) in [5.74, 6) is 1.62. The molecule has 17 heavy (non-hydrogen) atoms. The highest BCUT2D eigenvalue weighted by atomic mass is 16.1. The highest BCUT2D eigenvalue weighted by molar-refractivity contribution is 5.98. The van der Waals surface area contributed by atoms with Crippen molar-refractivity contribution in [3.8, 4) is 0 Å². The van der Waals surface area contributed by atoms with Crippen molar-refractivity contribution in [1.82, 2.24) is 0 Å². The minimum Gasteiger partial charge on any atom is -0.295 e. The van der Waals surface area contributed by atoms with Gasteiger partial charge < -0.3 is 0 Å². The molecule has 0 aliphatic heterocycles. The van der Waals surface area contributed by atoms with E-state index in [2.05, 4.69) is 13.0 Å². The van der Waals surface area contributed by atoms with E-state index in [0.717, 1.165) is 12.8 Å². The van der Waals surface area contributed by atoms with E-state index >= 15 is 0 Å². The monoisotopic (exact) mass is 234 g/mol. The van der Waals surface area contributed by atoms with Crippen molar-refractivity contribution in [3.05, 3.63) is 11.6 Å². The zero-order chi connectivity index (χ0) is 12.1. The van der Waals surface area contributed by atoms with E-state index in [9.17, 15) is 4.79 Å². The summed E-state index contributed by atoms with van der Waals surface area (Å²) in [6.45, 7) is 2.26. The maximum absolute atomic E-state index is 12.0. The lowest BCUT2D eigenvalue weighted by Crippen LogP contribution is -2.07. The molecule has 1 fully saturated rings. The zero-order valence-corrected chi connectivity index (χ0v) is 11.2. The van der Waals surface area contributed by atoms with E-state index in [1.165, 1.54) is 56.9 Å². The van der Waals surface area contributed by atoms with Crippen LogP contribution in [0.15, 0.2) is 11.6 Å². The first kappa shape index (κ1) is 12.9. The fourth-order valence-corrected chi connectivity index (χ4v) is 3.42. The molecular weight excluding hydrogens is 208 g/mol. The second-order valence-electron chi connectivity index (χ2n) is 5.92. The second-order valence-corrected chi connectivity index (χ2v) is 5.92. The van der Waals surface area contributed by atoms with E-state index in [0.29, 0.717) is 17.6 Å². The summed E-state index contributed by atoms with van der Waals surface area (Å²) in [7, 11) is 0. The van der Waals surface area contributed by atoms with Crippen molar-refractivity contribution in [1.29, 1.82) is 0 Å². The molecule has 2 aliphatic rings. The van der Waals surface area contributed by atoms with Gasteiger partial charge in [-0.2, -0.15) is 0 Å². The van der Waals surface area contributed by atoms with Crippen LogP contribution in [0.3, 0.4) is 0 Å². The lowest BCUT2D eigenvalue weighted by atomic mass is 9.88. The van der Waals surface area contributed by atoms with Crippen LogP contribution in [0.4, 0.5) is 0 Å². The van der Waals surface area contributed by atoms with Gasteiger partial charge in [0.1, 0.15) is 0 Å². The fraction of sp³-hybridized carbons (Fsp3) is 0.812. The molecular formula is C16H26O. The number of carbonyl (C=O) groups is 1. The van der Waals surface area contributed by atoms with Crippen molar-refractivity contribution in [2.75, 3.05) is 0 Å². The molecule has 2 atom stereocenters. The lowest BCUT2D eigenvalue weighted by Gasteiger charge is -2.16. The standard InChI is InChI=1S/C16H26O/c1-13-12-16(17)15-11-9-7-5-3-2-4-6-8-10-14(13)15/h11,13-14H,2-10,12H2,1H3/b15-11-/t13-,14-/m1/s1. The molecule has 0 bridgehead atoms. The minimum atomic E-state index is 0.444. The van der Waals surface area contributed by atoms with Crippen LogP contribution in [-0.4, -0.2) is 5.78 Å². The molecule has 0 amide bonds. The number of allylic oxidation sites excluding steroid dienone is 2. The molecule has 0 heterocycles. The third-order valence-corrected chi connectivity index (χ3v) is 4.50. The van der Waals surface area contributed by atoms with Gasteiger partial charge in [-0.05, 0) is 36.7 Å². The minimum absolute atomic E-state index is 0.444. The van der Waals surface area contributed by atoms with Gasteiger partial charge in [0.05, 0.1) is 0 Å². The van der Waals surface area contributed by atoms with Crippen LogP contribution in [0, 0.1) is 11.8 Å². The summed E-state index contributed by atoms with van der Waals surface area (Å²) in [6, 6.07) is 0. The van der Waals surface area contributed by atoms with Gasteiger partial charge in [-0.1, -0.05) is 51.5 Å².